The summed E-state index contributed by atoms with van der Waals surface area (Å²) < 4.78 is 20.5. The van der Waals surface area contributed by atoms with Crippen LogP contribution in [0.3, 0.4) is 0 Å². The topological polar surface area (TPSA) is 26.3 Å². The highest BCUT2D eigenvalue weighted by Crippen LogP contribution is 2.41. The van der Waals surface area contributed by atoms with Gasteiger partial charge in [0, 0.05) is 6.42 Å². The van der Waals surface area contributed by atoms with E-state index in [2.05, 4.69) is 6.92 Å². The highest BCUT2D eigenvalue weighted by Gasteiger charge is 2.32. The van der Waals surface area contributed by atoms with Gasteiger partial charge in [0.1, 0.15) is 11.9 Å². The van der Waals surface area contributed by atoms with Crippen LogP contribution in [0.25, 0.3) is 0 Å². The van der Waals surface area contributed by atoms with Gasteiger partial charge in [-0.1, -0.05) is 70.4 Å². The minimum absolute atomic E-state index is 0.160. The van der Waals surface area contributed by atoms with E-state index >= 15 is 4.39 Å². The van der Waals surface area contributed by atoms with Gasteiger partial charge in [-0.05, 0) is 67.4 Å². The Morgan fingerprint density at radius 2 is 1.47 bits per heavy atom. The SMILES string of the molecule is CCCC1CCC(CCC2CCC(c3ccc4c(c3F)C(=O)OC(C)C4)CC2)CC1. The van der Waals surface area contributed by atoms with Crippen molar-refractivity contribution in [2.45, 2.75) is 109 Å². The summed E-state index contributed by atoms with van der Waals surface area (Å²) in [6.45, 7) is 4.18. The molecule has 2 nitrogen and oxygen atoms in total. The molecule has 1 unspecified atom stereocenters. The molecule has 4 rings (SSSR count). The Balaban J connectivity index is 1.27. The van der Waals surface area contributed by atoms with Gasteiger partial charge in [-0.2, -0.15) is 0 Å². The molecule has 1 atom stereocenters. The summed E-state index contributed by atoms with van der Waals surface area (Å²) in [7, 11) is 0. The molecular formula is C27H39FO2. The summed E-state index contributed by atoms with van der Waals surface area (Å²) in [5, 5.41) is 0. The molecule has 3 aliphatic rings. The van der Waals surface area contributed by atoms with Gasteiger partial charge < -0.3 is 4.74 Å². The molecular weight excluding hydrogens is 375 g/mol. The van der Waals surface area contributed by atoms with E-state index in [0.29, 0.717) is 6.42 Å². The van der Waals surface area contributed by atoms with Gasteiger partial charge in [-0.25, -0.2) is 9.18 Å². The Bertz CT molecular complexity index is 727. The third-order valence-corrected chi connectivity index (χ3v) is 8.21. The molecule has 0 aromatic heterocycles. The first-order chi connectivity index (χ1) is 14.5. The van der Waals surface area contributed by atoms with Crippen molar-refractivity contribution in [1.82, 2.24) is 0 Å². The number of carbonyl (C=O) groups is 1. The number of hydrogen-bond donors (Lipinski definition) is 0. The summed E-state index contributed by atoms with van der Waals surface area (Å²) in [5.74, 6) is 2.21. The number of cyclic esters (lactones) is 1. The molecule has 1 aliphatic heterocycles. The Labute approximate surface area is 182 Å². The zero-order chi connectivity index (χ0) is 21.1. The van der Waals surface area contributed by atoms with Crippen LogP contribution in [0.5, 0.6) is 0 Å². The van der Waals surface area contributed by atoms with E-state index in [9.17, 15) is 4.79 Å². The Hall–Kier alpha value is -1.38. The van der Waals surface area contributed by atoms with Crippen LogP contribution >= 0.6 is 0 Å². The first kappa shape index (κ1) is 21.8. The van der Waals surface area contributed by atoms with Crippen LogP contribution in [0, 0.1) is 23.6 Å². The number of ether oxygens (including phenoxy) is 1. The number of halogens is 1. The highest BCUT2D eigenvalue weighted by molar-refractivity contribution is 5.92. The van der Waals surface area contributed by atoms with Gasteiger partial charge in [-0.3, -0.25) is 0 Å². The average Bonchev–Trinajstić information content (AvgIpc) is 2.74. The molecule has 1 aromatic carbocycles. The average molecular weight is 415 g/mol. The number of carbonyl (C=O) groups excluding carboxylic acids is 1. The standard InChI is InChI=1S/C27H39FO2/c1-3-4-19-5-7-20(8-6-19)9-10-21-11-13-22(14-12-21)24-16-15-23-17-18(2)30-27(29)25(23)26(24)28/h15-16,18-22H,3-14,17H2,1-2H3. The maximum Gasteiger partial charge on any atom is 0.341 e. The minimum atomic E-state index is -0.481. The molecule has 0 bridgehead atoms. The van der Waals surface area contributed by atoms with Crippen LogP contribution in [0.15, 0.2) is 12.1 Å². The fraction of sp³-hybridized carbons (Fsp3) is 0.741. The fourth-order valence-electron chi connectivity index (χ4n) is 6.38. The molecule has 0 amide bonds. The van der Waals surface area contributed by atoms with Crippen molar-refractivity contribution in [2.75, 3.05) is 0 Å². The first-order valence-electron chi connectivity index (χ1n) is 12.6. The molecule has 0 N–H and O–H groups in total. The second kappa shape index (κ2) is 9.83. The van der Waals surface area contributed by atoms with E-state index in [-0.39, 0.29) is 23.4 Å². The predicted molar refractivity (Wildman–Crippen MR) is 119 cm³/mol. The normalized spacial score (nSPS) is 31.8. The molecule has 1 heterocycles. The second-order valence-electron chi connectivity index (χ2n) is 10.4. The van der Waals surface area contributed by atoms with Gasteiger partial charge in [0.2, 0.25) is 0 Å². The molecule has 30 heavy (non-hydrogen) atoms. The molecule has 2 fully saturated rings. The van der Waals surface area contributed by atoms with Crippen molar-refractivity contribution in [2.24, 2.45) is 17.8 Å². The van der Waals surface area contributed by atoms with Crippen LogP contribution < -0.4 is 0 Å². The molecule has 0 radical (unpaired) electrons. The lowest BCUT2D eigenvalue weighted by Gasteiger charge is -2.32. The number of rotatable bonds is 6. The lowest BCUT2D eigenvalue weighted by molar-refractivity contribution is 0.0293. The van der Waals surface area contributed by atoms with E-state index in [1.54, 1.807) is 0 Å². The van der Waals surface area contributed by atoms with E-state index in [1.165, 1.54) is 64.2 Å². The third-order valence-electron chi connectivity index (χ3n) is 8.21. The van der Waals surface area contributed by atoms with E-state index in [0.717, 1.165) is 41.7 Å². The summed E-state index contributed by atoms with van der Waals surface area (Å²) in [4.78, 5) is 12.2. The first-order valence-corrected chi connectivity index (χ1v) is 12.6. The van der Waals surface area contributed by atoms with Gasteiger partial charge >= 0.3 is 5.97 Å². The monoisotopic (exact) mass is 414 g/mol. The smallest absolute Gasteiger partial charge is 0.341 e. The van der Waals surface area contributed by atoms with Crippen LogP contribution in [-0.2, 0) is 11.2 Å². The predicted octanol–water partition coefficient (Wildman–Crippen LogP) is 7.59. The lowest BCUT2D eigenvalue weighted by atomic mass is 9.73. The van der Waals surface area contributed by atoms with E-state index in [1.807, 2.05) is 19.1 Å². The fourth-order valence-corrected chi connectivity index (χ4v) is 6.38. The van der Waals surface area contributed by atoms with Crippen molar-refractivity contribution in [3.05, 3.63) is 34.6 Å². The van der Waals surface area contributed by atoms with Crippen molar-refractivity contribution in [1.29, 1.82) is 0 Å². The second-order valence-corrected chi connectivity index (χ2v) is 10.4. The largest absolute Gasteiger partial charge is 0.459 e. The zero-order valence-corrected chi connectivity index (χ0v) is 18.9. The maximum atomic E-state index is 15.2. The van der Waals surface area contributed by atoms with Gasteiger partial charge in [0.05, 0.1) is 5.56 Å². The summed E-state index contributed by atoms with van der Waals surface area (Å²) in [6.07, 6.45) is 16.2. The van der Waals surface area contributed by atoms with Crippen molar-refractivity contribution >= 4 is 5.97 Å². The van der Waals surface area contributed by atoms with Gasteiger partial charge in [0.15, 0.2) is 0 Å². The maximum absolute atomic E-state index is 15.2. The Kier molecular flexibility index (Phi) is 7.16. The summed E-state index contributed by atoms with van der Waals surface area (Å²) in [5.41, 5.74) is 1.75. The Morgan fingerprint density at radius 1 is 0.900 bits per heavy atom. The minimum Gasteiger partial charge on any atom is -0.459 e. The summed E-state index contributed by atoms with van der Waals surface area (Å²) >= 11 is 0. The number of hydrogen-bond acceptors (Lipinski definition) is 2. The molecule has 0 spiro atoms. The van der Waals surface area contributed by atoms with Crippen LogP contribution in [0.4, 0.5) is 4.39 Å². The molecule has 166 valence electrons. The number of esters is 1. The van der Waals surface area contributed by atoms with Crippen molar-refractivity contribution < 1.29 is 13.9 Å². The Morgan fingerprint density at radius 3 is 2.07 bits per heavy atom. The quantitative estimate of drug-likeness (QED) is 0.448. The number of benzene rings is 1. The van der Waals surface area contributed by atoms with Crippen molar-refractivity contribution in [3.8, 4) is 0 Å². The highest BCUT2D eigenvalue weighted by atomic mass is 19.1. The van der Waals surface area contributed by atoms with Crippen LogP contribution in [0.1, 0.15) is 118 Å². The lowest BCUT2D eigenvalue weighted by Crippen LogP contribution is -2.27. The zero-order valence-electron chi connectivity index (χ0n) is 18.9. The van der Waals surface area contributed by atoms with E-state index in [4.69, 9.17) is 4.74 Å². The van der Waals surface area contributed by atoms with Gasteiger partial charge in [-0.15, -0.1) is 0 Å². The van der Waals surface area contributed by atoms with Crippen LogP contribution in [0.2, 0.25) is 0 Å². The van der Waals surface area contributed by atoms with Crippen LogP contribution in [-0.4, -0.2) is 12.1 Å². The molecule has 3 heteroatoms. The third kappa shape index (κ3) is 4.92. The van der Waals surface area contributed by atoms with E-state index < -0.39 is 5.97 Å². The molecule has 2 aliphatic carbocycles. The summed E-state index contributed by atoms with van der Waals surface area (Å²) in [6, 6.07) is 3.91. The number of fused-ring (bicyclic) bond motifs is 1. The molecule has 1 aromatic rings. The van der Waals surface area contributed by atoms with Gasteiger partial charge in [0.25, 0.3) is 0 Å². The molecule has 2 saturated carbocycles. The van der Waals surface area contributed by atoms with Crippen molar-refractivity contribution in [3.63, 3.8) is 0 Å². The molecule has 0 saturated heterocycles.